The third-order valence-electron chi connectivity index (χ3n) is 3.16. The molecular weight excluding hydrogens is 186 g/mol. The van der Waals surface area contributed by atoms with E-state index in [-0.39, 0.29) is 0 Å². The number of hydrogen-bond donors (Lipinski definition) is 1. The summed E-state index contributed by atoms with van der Waals surface area (Å²) < 4.78 is 5.13. The van der Waals surface area contributed by atoms with Crippen LogP contribution in [0.4, 0.5) is 5.69 Å². The van der Waals surface area contributed by atoms with E-state index >= 15 is 0 Å². The van der Waals surface area contributed by atoms with Crippen molar-refractivity contribution in [2.75, 3.05) is 12.4 Å². The van der Waals surface area contributed by atoms with Gasteiger partial charge < -0.3 is 10.1 Å². The Hall–Kier alpha value is -1.18. The summed E-state index contributed by atoms with van der Waals surface area (Å²) in [6.07, 6.45) is 3.95. The molecule has 2 heteroatoms. The topological polar surface area (TPSA) is 21.3 Å². The second kappa shape index (κ2) is 4.56. The molecule has 15 heavy (non-hydrogen) atoms. The molecule has 1 aliphatic carbocycles. The fourth-order valence-electron chi connectivity index (χ4n) is 2.26. The molecule has 0 heterocycles. The molecule has 0 spiro atoms. The van der Waals surface area contributed by atoms with Gasteiger partial charge in [-0.3, -0.25) is 0 Å². The van der Waals surface area contributed by atoms with E-state index in [2.05, 4.69) is 24.4 Å². The van der Waals surface area contributed by atoms with Gasteiger partial charge in [-0.2, -0.15) is 0 Å². The summed E-state index contributed by atoms with van der Waals surface area (Å²) in [5.74, 6) is 1.79. The second-order valence-electron chi connectivity index (χ2n) is 4.49. The van der Waals surface area contributed by atoms with Crippen molar-refractivity contribution in [3.63, 3.8) is 0 Å². The number of anilines is 1. The zero-order valence-electron chi connectivity index (χ0n) is 9.49. The van der Waals surface area contributed by atoms with Crippen LogP contribution in [0.3, 0.4) is 0 Å². The first-order chi connectivity index (χ1) is 7.28. The first kappa shape index (κ1) is 10.3. The van der Waals surface area contributed by atoms with Gasteiger partial charge in [-0.05, 0) is 49.4 Å². The Labute approximate surface area is 91.6 Å². The highest BCUT2D eigenvalue weighted by atomic mass is 16.5. The minimum Gasteiger partial charge on any atom is -0.497 e. The van der Waals surface area contributed by atoms with Crippen LogP contribution >= 0.6 is 0 Å². The molecule has 0 aromatic heterocycles. The predicted octanol–water partition coefficient (Wildman–Crippen LogP) is 3.30. The van der Waals surface area contributed by atoms with Gasteiger partial charge in [-0.15, -0.1) is 0 Å². The quantitative estimate of drug-likeness (QED) is 0.817. The van der Waals surface area contributed by atoms with Crippen molar-refractivity contribution >= 4 is 5.69 Å². The molecule has 1 fully saturated rings. The van der Waals surface area contributed by atoms with E-state index in [1.807, 2.05) is 12.1 Å². The highest BCUT2D eigenvalue weighted by molar-refractivity contribution is 5.47. The van der Waals surface area contributed by atoms with Crippen molar-refractivity contribution in [2.24, 2.45) is 5.92 Å². The van der Waals surface area contributed by atoms with Gasteiger partial charge in [0.1, 0.15) is 5.75 Å². The number of hydrogen-bond acceptors (Lipinski definition) is 2. The smallest absolute Gasteiger partial charge is 0.119 e. The largest absolute Gasteiger partial charge is 0.497 e. The Morgan fingerprint density at radius 3 is 2.47 bits per heavy atom. The van der Waals surface area contributed by atoms with Gasteiger partial charge in [0.2, 0.25) is 0 Å². The fraction of sp³-hybridized carbons (Fsp3) is 0.538. The van der Waals surface area contributed by atoms with Crippen LogP contribution in [0, 0.1) is 5.92 Å². The van der Waals surface area contributed by atoms with Crippen LogP contribution in [0.25, 0.3) is 0 Å². The third kappa shape index (κ3) is 2.65. The standard InChI is InChI=1S/C13H19NO/c1-10-3-4-12(9-10)14-11-5-7-13(15-2)8-6-11/h5-8,10,12,14H,3-4,9H2,1-2H3/t10-,12-/m0/s1. The van der Waals surface area contributed by atoms with Crippen molar-refractivity contribution in [1.82, 2.24) is 0 Å². The van der Waals surface area contributed by atoms with E-state index in [1.165, 1.54) is 24.9 Å². The number of methoxy groups -OCH3 is 1. The lowest BCUT2D eigenvalue weighted by Gasteiger charge is -2.14. The molecule has 2 rings (SSSR count). The maximum absolute atomic E-state index is 5.13. The first-order valence-corrected chi connectivity index (χ1v) is 5.68. The lowest BCUT2D eigenvalue weighted by atomic mass is 10.1. The summed E-state index contributed by atoms with van der Waals surface area (Å²) in [4.78, 5) is 0. The van der Waals surface area contributed by atoms with E-state index < -0.39 is 0 Å². The summed E-state index contributed by atoms with van der Waals surface area (Å²) in [6.45, 7) is 2.33. The Morgan fingerprint density at radius 2 is 1.93 bits per heavy atom. The van der Waals surface area contributed by atoms with Crippen LogP contribution < -0.4 is 10.1 Å². The van der Waals surface area contributed by atoms with Gasteiger partial charge in [0.05, 0.1) is 7.11 Å². The van der Waals surface area contributed by atoms with E-state index in [0.717, 1.165) is 11.7 Å². The van der Waals surface area contributed by atoms with Gasteiger partial charge in [-0.1, -0.05) is 6.92 Å². The van der Waals surface area contributed by atoms with Crippen molar-refractivity contribution in [3.8, 4) is 5.75 Å². The molecular formula is C13H19NO. The van der Waals surface area contributed by atoms with Crippen LogP contribution in [0.1, 0.15) is 26.2 Å². The van der Waals surface area contributed by atoms with Crippen LogP contribution in [0.2, 0.25) is 0 Å². The van der Waals surface area contributed by atoms with E-state index in [1.54, 1.807) is 7.11 Å². The van der Waals surface area contributed by atoms with Crippen molar-refractivity contribution < 1.29 is 4.74 Å². The van der Waals surface area contributed by atoms with Crippen LogP contribution in [0.15, 0.2) is 24.3 Å². The monoisotopic (exact) mass is 205 g/mol. The summed E-state index contributed by atoms with van der Waals surface area (Å²) in [5, 5.41) is 3.57. The maximum Gasteiger partial charge on any atom is 0.119 e. The van der Waals surface area contributed by atoms with E-state index in [4.69, 9.17) is 4.74 Å². The molecule has 0 bridgehead atoms. The average molecular weight is 205 g/mol. The summed E-state index contributed by atoms with van der Waals surface area (Å²) in [7, 11) is 1.70. The number of rotatable bonds is 3. The van der Waals surface area contributed by atoms with E-state index in [0.29, 0.717) is 6.04 Å². The lowest BCUT2D eigenvalue weighted by molar-refractivity contribution is 0.415. The molecule has 1 aromatic carbocycles. The molecule has 1 saturated carbocycles. The molecule has 1 aromatic rings. The Bertz CT molecular complexity index is 307. The predicted molar refractivity (Wildman–Crippen MR) is 63.4 cm³/mol. The van der Waals surface area contributed by atoms with Gasteiger partial charge in [-0.25, -0.2) is 0 Å². The second-order valence-corrected chi connectivity index (χ2v) is 4.49. The maximum atomic E-state index is 5.13. The SMILES string of the molecule is COc1ccc(N[C@H]2CC[C@H](C)C2)cc1. The molecule has 0 radical (unpaired) electrons. The van der Waals surface area contributed by atoms with Gasteiger partial charge in [0.25, 0.3) is 0 Å². The first-order valence-electron chi connectivity index (χ1n) is 5.68. The van der Waals surface area contributed by atoms with Crippen molar-refractivity contribution in [3.05, 3.63) is 24.3 Å². The number of nitrogens with one attached hydrogen (secondary N) is 1. The molecule has 1 aliphatic rings. The van der Waals surface area contributed by atoms with Gasteiger partial charge in [0, 0.05) is 11.7 Å². The van der Waals surface area contributed by atoms with Crippen molar-refractivity contribution in [2.45, 2.75) is 32.2 Å². The minimum absolute atomic E-state index is 0.661. The van der Waals surface area contributed by atoms with E-state index in [9.17, 15) is 0 Å². The summed E-state index contributed by atoms with van der Waals surface area (Å²) >= 11 is 0. The minimum atomic E-state index is 0.661. The summed E-state index contributed by atoms with van der Waals surface area (Å²) in [5.41, 5.74) is 1.20. The zero-order valence-corrected chi connectivity index (χ0v) is 9.49. The lowest BCUT2D eigenvalue weighted by Crippen LogP contribution is -2.14. The third-order valence-corrected chi connectivity index (χ3v) is 3.16. The van der Waals surface area contributed by atoms with Gasteiger partial charge >= 0.3 is 0 Å². The normalized spacial score (nSPS) is 25.2. The Kier molecular flexibility index (Phi) is 3.14. The van der Waals surface area contributed by atoms with Crippen molar-refractivity contribution in [1.29, 1.82) is 0 Å². The average Bonchev–Trinajstić information content (AvgIpc) is 2.65. The zero-order chi connectivity index (χ0) is 10.7. The van der Waals surface area contributed by atoms with Gasteiger partial charge in [0.15, 0.2) is 0 Å². The van der Waals surface area contributed by atoms with Crippen LogP contribution in [-0.2, 0) is 0 Å². The van der Waals surface area contributed by atoms with Crippen LogP contribution in [0.5, 0.6) is 5.75 Å². The van der Waals surface area contributed by atoms with Crippen LogP contribution in [-0.4, -0.2) is 13.2 Å². The fourth-order valence-corrected chi connectivity index (χ4v) is 2.26. The molecule has 2 nitrogen and oxygen atoms in total. The highest BCUT2D eigenvalue weighted by Gasteiger charge is 2.20. The Morgan fingerprint density at radius 1 is 1.20 bits per heavy atom. The molecule has 0 unspecified atom stereocenters. The number of ether oxygens (including phenoxy) is 1. The number of benzene rings is 1. The highest BCUT2D eigenvalue weighted by Crippen LogP contribution is 2.27. The molecule has 1 N–H and O–H groups in total. The molecule has 0 aliphatic heterocycles. The Balaban J connectivity index is 1.93. The molecule has 0 saturated heterocycles. The summed E-state index contributed by atoms with van der Waals surface area (Å²) in [6, 6.07) is 8.83. The molecule has 82 valence electrons. The molecule has 0 amide bonds. The molecule has 2 atom stereocenters.